The van der Waals surface area contributed by atoms with Gasteiger partial charge in [-0.15, -0.1) is 0 Å². The van der Waals surface area contributed by atoms with Crippen molar-refractivity contribution in [3.8, 4) is 0 Å². The fourth-order valence-corrected chi connectivity index (χ4v) is 3.01. The molecule has 0 radical (unpaired) electrons. The van der Waals surface area contributed by atoms with Crippen LogP contribution in [0.3, 0.4) is 0 Å². The molecule has 5 heteroatoms. The summed E-state index contributed by atoms with van der Waals surface area (Å²) in [5.74, 6) is -0.0220. The molecule has 2 N–H and O–H groups in total. The molecule has 1 aromatic rings. The van der Waals surface area contributed by atoms with E-state index in [4.69, 9.17) is 4.74 Å². The second-order valence-electron chi connectivity index (χ2n) is 7.80. The summed E-state index contributed by atoms with van der Waals surface area (Å²) in [7, 11) is 0. The first kappa shape index (κ1) is 19.3. The molecule has 1 atom stereocenters. The second-order valence-corrected chi connectivity index (χ2v) is 7.80. The van der Waals surface area contributed by atoms with Gasteiger partial charge in [0.05, 0.1) is 6.04 Å². The summed E-state index contributed by atoms with van der Waals surface area (Å²) in [6.07, 6.45) is 5.35. The molecule has 1 aromatic carbocycles. The summed E-state index contributed by atoms with van der Waals surface area (Å²) >= 11 is 0. The van der Waals surface area contributed by atoms with Crippen molar-refractivity contribution in [2.24, 2.45) is 0 Å². The molecule has 1 aliphatic rings. The number of hydrogen-bond donors (Lipinski definition) is 2. The van der Waals surface area contributed by atoms with Gasteiger partial charge in [-0.25, -0.2) is 4.79 Å². The van der Waals surface area contributed by atoms with E-state index in [1.165, 1.54) is 19.3 Å². The van der Waals surface area contributed by atoms with E-state index in [0.717, 1.165) is 18.4 Å². The van der Waals surface area contributed by atoms with Crippen LogP contribution >= 0.6 is 0 Å². The molecule has 0 heterocycles. The van der Waals surface area contributed by atoms with E-state index in [0.29, 0.717) is 11.6 Å². The Balaban J connectivity index is 1.89. The van der Waals surface area contributed by atoms with Gasteiger partial charge in [0.2, 0.25) is 0 Å². The quantitative estimate of drug-likeness (QED) is 0.852. The summed E-state index contributed by atoms with van der Waals surface area (Å²) in [5.41, 5.74) is 1.06. The van der Waals surface area contributed by atoms with Crippen LogP contribution in [0.5, 0.6) is 0 Å². The van der Waals surface area contributed by atoms with Gasteiger partial charge in [-0.1, -0.05) is 31.4 Å². The number of nitrogens with one attached hydrogen (secondary N) is 2. The highest BCUT2D eigenvalue weighted by atomic mass is 16.6. The van der Waals surface area contributed by atoms with Gasteiger partial charge >= 0.3 is 6.09 Å². The number of rotatable bonds is 4. The summed E-state index contributed by atoms with van der Waals surface area (Å²) < 4.78 is 5.26. The van der Waals surface area contributed by atoms with E-state index in [1.54, 1.807) is 12.1 Å². The Kier molecular flexibility index (Phi) is 6.45. The third-order valence-electron chi connectivity index (χ3n) is 4.35. The van der Waals surface area contributed by atoms with Gasteiger partial charge in [0.15, 0.2) is 0 Å². The normalized spacial score (nSPS) is 16.8. The van der Waals surface area contributed by atoms with Crippen LogP contribution in [0.4, 0.5) is 4.79 Å². The number of alkyl carbamates (subject to hydrolysis) is 1. The minimum absolute atomic E-state index is 0.0220. The minimum atomic E-state index is -0.523. The average molecular weight is 346 g/mol. The van der Waals surface area contributed by atoms with Gasteiger partial charge in [-0.3, -0.25) is 4.79 Å². The lowest BCUT2D eigenvalue weighted by atomic mass is 9.95. The number of amides is 2. The van der Waals surface area contributed by atoms with Crippen LogP contribution in [0.1, 0.15) is 81.8 Å². The number of hydrogen-bond acceptors (Lipinski definition) is 3. The van der Waals surface area contributed by atoms with Crippen molar-refractivity contribution in [2.75, 3.05) is 0 Å². The third kappa shape index (κ3) is 6.40. The van der Waals surface area contributed by atoms with Crippen molar-refractivity contribution in [2.45, 2.75) is 77.5 Å². The third-order valence-corrected chi connectivity index (χ3v) is 4.35. The largest absolute Gasteiger partial charge is 0.444 e. The van der Waals surface area contributed by atoms with E-state index in [2.05, 4.69) is 10.6 Å². The zero-order valence-corrected chi connectivity index (χ0v) is 15.7. The van der Waals surface area contributed by atoms with Gasteiger partial charge in [0.1, 0.15) is 5.60 Å². The fraction of sp³-hybridized carbons (Fsp3) is 0.600. The first-order valence-electron chi connectivity index (χ1n) is 9.15. The van der Waals surface area contributed by atoms with Crippen LogP contribution in [-0.2, 0) is 4.74 Å². The lowest BCUT2D eigenvalue weighted by Crippen LogP contribution is -2.36. The lowest BCUT2D eigenvalue weighted by molar-refractivity contribution is 0.0507. The molecule has 25 heavy (non-hydrogen) atoms. The molecule has 0 spiro atoms. The Bertz CT molecular complexity index is 584. The predicted octanol–water partition coefficient (Wildman–Crippen LogP) is 4.33. The van der Waals surface area contributed by atoms with Crippen LogP contribution in [0, 0.1) is 0 Å². The monoisotopic (exact) mass is 346 g/mol. The summed E-state index contributed by atoms with van der Waals surface area (Å²) in [4.78, 5) is 24.2. The van der Waals surface area contributed by atoms with Crippen molar-refractivity contribution in [1.29, 1.82) is 0 Å². The molecule has 1 saturated carbocycles. The first-order valence-corrected chi connectivity index (χ1v) is 9.15. The van der Waals surface area contributed by atoms with Gasteiger partial charge in [-0.05, 0) is 58.2 Å². The maximum Gasteiger partial charge on any atom is 0.408 e. The number of benzene rings is 1. The summed E-state index contributed by atoms with van der Waals surface area (Å²) in [6, 6.07) is 7.47. The summed E-state index contributed by atoms with van der Waals surface area (Å²) in [5, 5.41) is 5.92. The van der Waals surface area contributed by atoms with E-state index < -0.39 is 11.7 Å². The average Bonchev–Trinajstić information content (AvgIpc) is 2.54. The van der Waals surface area contributed by atoms with Crippen molar-refractivity contribution in [3.63, 3.8) is 0 Å². The summed E-state index contributed by atoms with van der Waals surface area (Å²) in [6.45, 7) is 7.38. The maximum atomic E-state index is 12.3. The van der Waals surface area contributed by atoms with Crippen LogP contribution in [0.2, 0.25) is 0 Å². The van der Waals surface area contributed by atoms with Gasteiger partial charge < -0.3 is 15.4 Å². The maximum absolute atomic E-state index is 12.3. The Morgan fingerprint density at radius 3 is 2.24 bits per heavy atom. The molecule has 1 fully saturated rings. The molecule has 2 amide bonds. The molecule has 1 aliphatic carbocycles. The molecule has 0 saturated heterocycles. The topological polar surface area (TPSA) is 67.4 Å². The van der Waals surface area contributed by atoms with E-state index >= 15 is 0 Å². The molecular weight excluding hydrogens is 316 g/mol. The Morgan fingerprint density at radius 2 is 1.68 bits per heavy atom. The molecule has 0 aliphatic heterocycles. The molecule has 2 rings (SSSR count). The molecule has 0 bridgehead atoms. The van der Waals surface area contributed by atoms with Gasteiger partial charge in [-0.2, -0.15) is 0 Å². The predicted molar refractivity (Wildman–Crippen MR) is 98.6 cm³/mol. The van der Waals surface area contributed by atoms with Crippen molar-refractivity contribution in [3.05, 3.63) is 35.4 Å². The highest BCUT2D eigenvalue weighted by Crippen LogP contribution is 2.19. The van der Waals surface area contributed by atoms with Crippen LogP contribution in [0.25, 0.3) is 0 Å². The van der Waals surface area contributed by atoms with E-state index in [9.17, 15) is 9.59 Å². The fourth-order valence-electron chi connectivity index (χ4n) is 3.01. The lowest BCUT2D eigenvalue weighted by Gasteiger charge is -2.23. The zero-order chi connectivity index (χ0) is 18.4. The van der Waals surface area contributed by atoms with Crippen molar-refractivity contribution >= 4 is 12.0 Å². The number of carbonyl (C=O) groups is 2. The molecule has 138 valence electrons. The highest BCUT2D eigenvalue weighted by Gasteiger charge is 2.19. The van der Waals surface area contributed by atoms with E-state index in [-0.39, 0.29) is 11.9 Å². The highest BCUT2D eigenvalue weighted by molar-refractivity contribution is 5.94. The second kappa shape index (κ2) is 8.37. The zero-order valence-electron chi connectivity index (χ0n) is 15.7. The molecular formula is C20H30N2O3. The molecule has 5 nitrogen and oxygen atoms in total. The minimum Gasteiger partial charge on any atom is -0.444 e. The standard InChI is InChI=1S/C20H30N2O3/c1-14(21-19(24)25-20(2,3)4)15-10-12-16(13-11-15)18(23)22-17-8-6-5-7-9-17/h10-14,17H,5-9H2,1-4H3,(H,21,24)(H,22,23)/t14-/m0/s1. The Hall–Kier alpha value is -2.04. The number of ether oxygens (including phenoxy) is 1. The Labute approximate surface area is 150 Å². The SMILES string of the molecule is C[C@H](NC(=O)OC(C)(C)C)c1ccc(C(=O)NC2CCCCC2)cc1. The van der Waals surface area contributed by atoms with Crippen LogP contribution in [-0.4, -0.2) is 23.6 Å². The Morgan fingerprint density at radius 1 is 1.08 bits per heavy atom. The van der Waals surface area contributed by atoms with E-state index in [1.807, 2.05) is 39.8 Å². The van der Waals surface area contributed by atoms with Gasteiger partial charge in [0, 0.05) is 11.6 Å². The first-order chi connectivity index (χ1) is 11.7. The number of carbonyl (C=O) groups excluding carboxylic acids is 2. The van der Waals surface area contributed by atoms with Crippen LogP contribution in [0.15, 0.2) is 24.3 Å². The molecule has 0 unspecified atom stereocenters. The van der Waals surface area contributed by atoms with Gasteiger partial charge in [0.25, 0.3) is 5.91 Å². The van der Waals surface area contributed by atoms with Crippen molar-refractivity contribution < 1.29 is 14.3 Å². The van der Waals surface area contributed by atoms with Crippen LogP contribution < -0.4 is 10.6 Å². The molecule has 0 aromatic heterocycles. The van der Waals surface area contributed by atoms with Crippen molar-refractivity contribution in [1.82, 2.24) is 10.6 Å². The smallest absolute Gasteiger partial charge is 0.408 e.